The average Bonchev–Trinajstić information content (AvgIpc) is 3.35. The highest BCUT2D eigenvalue weighted by Gasteiger charge is 2.58. The summed E-state index contributed by atoms with van der Waals surface area (Å²) in [6.45, 7) is 1.54. The van der Waals surface area contributed by atoms with E-state index in [2.05, 4.69) is 15.7 Å². The number of alkyl halides is 3. The van der Waals surface area contributed by atoms with E-state index in [1.54, 1.807) is 37.3 Å². The fourth-order valence-corrected chi connectivity index (χ4v) is 5.30. The first-order valence-corrected chi connectivity index (χ1v) is 12.1. The molecule has 5 rings (SSSR count). The number of allylic oxidation sites excluding steroid dienone is 1. The van der Waals surface area contributed by atoms with Crippen LogP contribution in [0.5, 0.6) is 0 Å². The molecule has 0 radical (unpaired) electrons. The van der Waals surface area contributed by atoms with Crippen LogP contribution < -0.4 is 10.7 Å². The number of nitrogens with zero attached hydrogens (tertiary/aromatic N) is 2. The Morgan fingerprint density at radius 2 is 1.79 bits per heavy atom. The molecule has 2 N–H and O–H groups in total. The van der Waals surface area contributed by atoms with Gasteiger partial charge in [0.15, 0.2) is 15.4 Å². The summed E-state index contributed by atoms with van der Waals surface area (Å²) in [6.07, 6.45) is -4.62. The van der Waals surface area contributed by atoms with Gasteiger partial charge in [-0.15, -0.1) is 0 Å². The zero-order valence-electron chi connectivity index (χ0n) is 17.9. The van der Waals surface area contributed by atoms with E-state index < -0.39 is 40.0 Å². The van der Waals surface area contributed by atoms with Gasteiger partial charge in [-0.25, -0.2) is 23.8 Å². The molecule has 0 bridgehead atoms. The highest BCUT2D eigenvalue weighted by atomic mass is 32.2. The first-order chi connectivity index (χ1) is 16.0. The minimum Gasteiger partial charge on any atom is -0.436 e. The lowest BCUT2D eigenvalue weighted by molar-refractivity contribution is -0.161. The maximum Gasteiger partial charge on any atom is 0.406 e. The predicted octanol–water partition coefficient (Wildman–Crippen LogP) is 2.95. The van der Waals surface area contributed by atoms with Crippen LogP contribution >= 0.6 is 0 Å². The van der Waals surface area contributed by atoms with E-state index in [4.69, 9.17) is 4.42 Å². The fourth-order valence-electron chi connectivity index (χ4n) is 4.48. The Kier molecular flexibility index (Phi) is 4.99. The Morgan fingerprint density at radius 1 is 1.09 bits per heavy atom. The summed E-state index contributed by atoms with van der Waals surface area (Å²) in [6, 6.07) is 10.5. The number of para-hydroxylation sites is 1. The van der Waals surface area contributed by atoms with Crippen LogP contribution in [-0.2, 0) is 14.6 Å². The van der Waals surface area contributed by atoms with Gasteiger partial charge in [-0.3, -0.25) is 4.79 Å². The number of fused-ring (bicyclic) bond motifs is 2. The van der Waals surface area contributed by atoms with Gasteiger partial charge in [0.25, 0.3) is 5.91 Å². The molecule has 1 fully saturated rings. The van der Waals surface area contributed by atoms with Crippen molar-refractivity contribution in [1.82, 2.24) is 20.7 Å². The van der Waals surface area contributed by atoms with Crippen LogP contribution in [-0.4, -0.2) is 49.0 Å². The second kappa shape index (κ2) is 7.57. The lowest BCUT2D eigenvalue weighted by atomic mass is 9.89. The van der Waals surface area contributed by atoms with Gasteiger partial charge in [-0.05, 0) is 24.6 Å². The van der Waals surface area contributed by atoms with Crippen LogP contribution in [0.3, 0.4) is 0 Å². The molecular weight excluding hydrogens is 473 g/mol. The summed E-state index contributed by atoms with van der Waals surface area (Å²) in [7, 11) is -3.64. The molecule has 3 atom stereocenters. The first-order valence-electron chi connectivity index (χ1n) is 10.3. The molecule has 8 nitrogen and oxygen atoms in total. The van der Waals surface area contributed by atoms with Gasteiger partial charge < -0.3 is 9.73 Å². The van der Waals surface area contributed by atoms with Crippen molar-refractivity contribution in [2.45, 2.75) is 36.1 Å². The number of rotatable bonds is 3. The zero-order chi connectivity index (χ0) is 24.4. The monoisotopic (exact) mass is 492 g/mol. The van der Waals surface area contributed by atoms with Crippen molar-refractivity contribution in [2.24, 2.45) is 0 Å². The molecule has 3 unspecified atom stereocenters. The van der Waals surface area contributed by atoms with Crippen LogP contribution in [0.25, 0.3) is 16.7 Å². The number of halogens is 3. The lowest BCUT2D eigenvalue weighted by Gasteiger charge is -2.34. The Balaban J connectivity index is 1.60. The number of carbonyl (C=O) groups excluding carboxylic acids is 1. The Bertz CT molecular complexity index is 1430. The van der Waals surface area contributed by atoms with E-state index in [9.17, 15) is 26.4 Å². The summed E-state index contributed by atoms with van der Waals surface area (Å²) < 4.78 is 71.7. The first kappa shape index (κ1) is 22.4. The maximum atomic E-state index is 13.9. The van der Waals surface area contributed by atoms with Crippen molar-refractivity contribution in [3.63, 3.8) is 0 Å². The SMILES string of the molecule is CC1=C(c2nc3c(S(C)(=O)=O)cccc3o2)C(=O)N2NC(C(F)(F)F)C(c3ccccc3)C2N1. The normalized spacial score (nSPS) is 23.4. The molecule has 12 heteroatoms. The van der Waals surface area contributed by atoms with Gasteiger partial charge >= 0.3 is 6.18 Å². The second-order valence-corrected chi connectivity index (χ2v) is 10.2. The third-order valence-electron chi connectivity index (χ3n) is 5.96. The molecule has 2 aromatic carbocycles. The Morgan fingerprint density at radius 3 is 2.44 bits per heavy atom. The molecule has 1 saturated heterocycles. The lowest BCUT2D eigenvalue weighted by Crippen LogP contribution is -2.54. The number of aromatic nitrogens is 1. The van der Waals surface area contributed by atoms with Crippen molar-refractivity contribution in [3.05, 3.63) is 65.7 Å². The molecule has 1 amide bonds. The number of sulfone groups is 1. The highest BCUT2D eigenvalue weighted by molar-refractivity contribution is 7.91. The van der Waals surface area contributed by atoms with Crippen LogP contribution in [0.4, 0.5) is 13.2 Å². The summed E-state index contributed by atoms with van der Waals surface area (Å²) in [4.78, 5) is 17.6. The number of hydrogen-bond donors (Lipinski definition) is 2. The molecule has 178 valence electrons. The third-order valence-corrected chi connectivity index (χ3v) is 7.09. The number of oxazole rings is 1. The summed E-state index contributed by atoms with van der Waals surface area (Å²) in [5.41, 5.74) is 3.09. The number of nitrogens with one attached hydrogen (secondary N) is 2. The minimum atomic E-state index is -4.63. The van der Waals surface area contributed by atoms with Gasteiger partial charge in [0.05, 0.1) is 10.8 Å². The summed E-state index contributed by atoms with van der Waals surface area (Å²) >= 11 is 0. The third kappa shape index (κ3) is 3.53. The van der Waals surface area contributed by atoms with Gasteiger partial charge in [0, 0.05) is 12.0 Å². The van der Waals surface area contributed by atoms with E-state index in [1.165, 1.54) is 18.2 Å². The van der Waals surface area contributed by atoms with Crippen molar-refractivity contribution in [3.8, 4) is 0 Å². The Labute approximate surface area is 192 Å². The van der Waals surface area contributed by atoms with Crippen LogP contribution in [0.1, 0.15) is 24.3 Å². The Hall–Kier alpha value is -3.38. The van der Waals surface area contributed by atoms with E-state index in [1.807, 2.05) is 0 Å². The maximum absolute atomic E-state index is 13.9. The van der Waals surface area contributed by atoms with Crippen molar-refractivity contribution < 1.29 is 30.8 Å². The molecule has 34 heavy (non-hydrogen) atoms. The van der Waals surface area contributed by atoms with Gasteiger partial charge in [-0.1, -0.05) is 36.4 Å². The standard InChI is InChI=1S/C22H19F3N4O4S/c1-11-15(20-27-17-13(33-20)9-6-10-14(17)34(2,31)32)21(30)29-19(26-11)16(12-7-4-3-5-8-12)18(28-29)22(23,24)25/h3-10,16,18-19,26,28H,1-2H3. The largest absolute Gasteiger partial charge is 0.436 e. The molecule has 3 aromatic rings. The van der Waals surface area contributed by atoms with Gasteiger partial charge in [-0.2, -0.15) is 13.2 Å². The van der Waals surface area contributed by atoms with Crippen LogP contribution in [0.2, 0.25) is 0 Å². The molecule has 2 aliphatic heterocycles. The number of carbonyl (C=O) groups is 1. The smallest absolute Gasteiger partial charge is 0.406 e. The number of amides is 1. The van der Waals surface area contributed by atoms with E-state index >= 15 is 0 Å². The summed E-state index contributed by atoms with van der Waals surface area (Å²) in [5.74, 6) is -2.06. The van der Waals surface area contributed by atoms with Crippen molar-refractivity contribution in [2.75, 3.05) is 6.26 Å². The number of hydrazine groups is 1. The average molecular weight is 492 g/mol. The van der Waals surface area contributed by atoms with Crippen molar-refractivity contribution >= 4 is 32.4 Å². The second-order valence-electron chi connectivity index (χ2n) is 8.24. The molecule has 1 aromatic heterocycles. The van der Waals surface area contributed by atoms with E-state index in [0.29, 0.717) is 5.56 Å². The zero-order valence-corrected chi connectivity index (χ0v) is 18.7. The fraction of sp³-hybridized carbons (Fsp3) is 0.273. The van der Waals surface area contributed by atoms with E-state index in [0.717, 1.165) is 11.3 Å². The summed E-state index contributed by atoms with van der Waals surface area (Å²) in [5, 5.41) is 3.91. The molecule has 0 spiro atoms. The quantitative estimate of drug-likeness (QED) is 0.579. The highest BCUT2D eigenvalue weighted by Crippen LogP contribution is 2.42. The van der Waals surface area contributed by atoms with Gasteiger partial charge in [0.1, 0.15) is 23.3 Å². The molecule has 3 heterocycles. The van der Waals surface area contributed by atoms with Crippen LogP contribution in [0.15, 0.2) is 63.5 Å². The minimum absolute atomic E-state index is 0.0416. The van der Waals surface area contributed by atoms with Gasteiger partial charge in [0.2, 0.25) is 5.89 Å². The molecule has 2 aliphatic rings. The molecule has 0 aliphatic carbocycles. The van der Waals surface area contributed by atoms with Crippen molar-refractivity contribution in [1.29, 1.82) is 0 Å². The number of hydrogen-bond acceptors (Lipinski definition) is 7. The van der Waals surface area contributed by atoms with E-state index in [-0.39, 0.29) is 33.2 Å². The molecular formula is C22H19F3N4O4S. The molecule has 0 saturated carbocycles. The number of benzene rings is 2. The van der Waals surface area contributed by atoms with Crippen LogP contribution in [0, 0.1) is 0 Å². The topological polar surface area (TPSA) is 105 Å². The predicted molar refractivity (Wildman–Crippen MR) is 116 cm³/mol.